The van der Waals surface area contributed by atoms with Crippen molar-refractivity contribution in [2.24, 2.45) is 5.73 Å². The maximum atomic E-state index is 5.81. The lowest BCUT2D eigenvalue weighted by Gasteiger charge is -2.12. The molecular formula is C13H19NO3S. The van der Waals surface area contributed by atoms with Crippen molar-refractivity contribution in [1.29, 1.82) is 0 Å². The van der Waals surface area contributed by atoms with Crippen LogP contribution in [-0.2, 0) is 6.42 Å². The molecule has 2 N–H and O–H groups in total. The first kappa shape index (κ1) is 13.4. The molecule has 0 spiro atoms. The van der Waals surface area contributed by atoms with Gasteiger partial charge in [-0.1, -0.05) is 6.92 Å². The number of hydrogen-bond donors (Lipinski definition) is 1. The summed E-state index contributed by atoms with van der Waals surface area (Å²) in [5, 5.41) is 0. The summed E-state index contributed by atoms with van der Waals surface area (Å²) in [6.07, 6.45) is 0.785. The summed E-state index contributed by atoms with van der Waals surface area (Å²) in [6.45, 7) is 3.73. The minimum absolute atomic E-state index is 0.284. The van der Waals surface area contributed by atoms with Crippen molar-refractivity contribution in [3.8, 4) is 17.2 Å². The molecule has 1 heterocycles. The van der Waals surface area contributed by atoms with E-state index in [1.165, 1.54) is 0 Å². The van der Waals surface area contributed by atoms with E-state index in [0.717, 1.165) is 40.7 Å². The molecule has 0 atom stereocenters. The Labute approximate surface area is 112 Å². The molecule has 1 aromatic carbocycles. The van der Waals surface area contributed by atoms with Crippen molar-refractivity contribution in [2.75, 3.05) is 31.5 Å². The number of ether oxygens (including phenoxy) is 3. The van der Waals surface area contributed by atoms with Gasteiger partial charge < -0.3 is 19.9 Å². The topological polar surface area (TPSA) is 53.7 Å². The molecule has 1 aliphatic heterocycles. The van der Waals surface area contributed by atoms with Gasteiger partial charge in [-0.3, -0.25) is 0 Å². The van der Waals surface area contributed by atoms with Crippen LogP contribution in [0.5, 0.6) is 17.2 Å². The summed E-state index contributed by atoms with van der Waals surface area (Å²) in [4.78, 5) is 0. The maximum absolute atomic E-state index is 5.81. The average Bonchev–Trinajstić information content (AvgIpc) is 2.82. The minimum atomic E-state index is 0.284. The van der Waals surface area contributed by atoms with Crippen LogP contribution in [0.4, 0.5) is 0 Å². The van der Waals surface area contributed by atoms with Crippen LogP contribution in [0.2, 0.25) is 0 Å². The first-order chi connectivity index (χ1) is 8.85. The predicted molar refractivity (Wildman–Crippen MR) is 73.8 cm³/mol. The first-order valence-corrected chi connectivity index (χ1v) is 7.33. The van der Waals surface area contributed by atoms with Crippen LogP contribution in [0.15, 0.2) is 12.1 Å². The molecule has 0 saturated heterocycles. The van der Waals surface area contributed by atoms with Crippen molar-refractivity contribution in [3.05, 3.63) is 17.7 Å². The van der Waals surface area contributed by atoms with E-state index in [4.69, 9.17) is 19.9 Å². The van der Waals surface area contributed by atoms with Crippen LogP contribution in [0.25, 0.3) is 0 Å². The Balaban J connectivity index is 2.06. The van der Waals surface area contributed by atoms with Crippen LogP contribution in [-0.4, -0.2) is 31.5 Å². The van der Waals surface area contributed by atoms with E-state index in [1.54, 1.807) is 0 Å². The predicted octanol–water partition coefficient (Wildman–Crippen LogP) is 2.05. The Morgan fingerprint density at radius 3 is 2.83 bits per heavy atom. The van der Waals surface area contributed by atoms with Gasteiger partial charge in [0.15, 0.2) is 11.5 Å². The van der Waals surface area contributed by atoms with E-state index in [9.17, 15) is 0 Å². The highest BCUT2D eigenvalue weighted by molar-refractivity contribution is 7.99. The number of fused-ring (bicyclic) bond motifs is 1. The molecular weight excluding hydrogens is 250 g/mol. The second kappa shape index (κ2) is 6.75. The molecule has 0 amide bonds. The average molecular weight is 269 g/mol. The van der Waals surface area contributed by atoms with Crippen LogP contribution >= 0.6 is 11.8 Å². The van der Waals surface area contributed by atoms with Gasteiger partial charge in [-0.15, -0.1) is 0 Å². The van der Waals surface area contributed by atoms with Crippen molar-refractivity contribution >= 4 is 11.8 Å². The van der Waals surface area contributed by atoms with E-state index in [1.807, 2.05) is 23.9 Å². The lowest BCUT2D eigenvalue weighted by Crippen LogP contribution is -2.07. The summed E-state index contributed by atoms with van der Waals surface area (Å²) >= 11 is 1.87. The number of thioether (sulfide) groups is 1. The van der Waals surface area contributed by atoms with E-state index >= 15 is 0 Å². The monoisotopic (exact) mass is 269 g/mol. The fraction of sp³-hybridized carbons (Fsp3) is 0.538. The van der Waals surface area contributed by atoms with Crippen molar-refractivity contribution in [2.45, 2.75) is 13.3 Å². The molecule has 2 rings (SSSR count). The zero-order valence-electron chi connectivity index (χ0n) is 10.6. The highest BCUT2D eigenvalue weighted by Crippen LogP contribution is 2.38. The van der Waals surface area contributed by atoms with Gasteiger partial charge >= 0.3 is 0 Å². The molecule has 1 aliphatic rings. The van der Waals surface area contributed by atoms with Crippen LogP contribution in [0, 0.1) is 0 Å². The Bertz CT molecular complexity index is 398. The van der Waals surface area contributed by atoms with Gasteiger partial charge in [0.05, 0.1) is 6.61 Å². The smallest absolute Gasteiger partial charge is 0.231 e. The Morgan fingerprint density at radius 2 is 2.11 bits per heavy atom. The quantitative estimate of drug-likeness (QED) is 0.768. The number of nitrogens with two attached hydrogens (primary N) is 1. The maximum Gasteiger partial charge on any atom is 0.231 e. The van der Waals surface area contributed by atoms with Gasteiger partial charge in [0.25, 0.3) is 0 Å². The third-order valence-corrected chi connectivity index (χ3v) is 3.52. The van der Waals surface area contributed by atoms with Crippen LogP contribution < -0.4 is 19.9 Å². The molecule has 0 saturated carbocycles. The molecule has 18 heavy (non-hydrogen) atoms. The third kappa shape index (κ3) is 3.23. The zero-order valence-corrected chi connectivity index (χ0v) is 11.4. The molecule has 0 unspecified atom stereocenters. The van der Waals surface area contributed by atoms with Gasteiger partial charge in [0.2, 0.25) is 6.79 Å². The SMILES string of the molecule is CCSCCOc1cc2c(cc1CCN)OCO2. The lowest BCUT2D eigenvalue weighted by molar-refractivity contribution is 0.174. The van der Waals surface area contributed by atoms with Gasteiger partial charge in [-0.05, 0) is 30.3 Å². The standard InChI is InChI=1S/C13H19NO3S/c1-2-18-6-5-15-11-8-13-12(16-9-17-13)7-10(11)3-4-14/h7-8H,2-6,9,14H2,1H3. The number of benzene rings is 1. The summed E-state index contributed by atoms with van der Waals surface area (Å²) in [5.41, 5.74) is 6.71. The number of hydrogen-bond acceptors (Lipinski definition) is 5. The third-order valence-electron chi connectivity index (χ3n) is 2.66. The summed E-state index contributed by atoms with van der Waals surface area (Å²) in [5.74, 6) is 4.51. The molecule has 4 nitrogen and oxygen atoms in total. The fourth-order valence-electron chi connectivity index (χ4n) is 1.81. The fourth-order valence-corrected chi connectivity index (χ4v) is 2.30. The molecule has 0 bridgehead atoms. The van der Waals surface area contributed by atoms with E-state index < -0.39 is 0 Å². The molecule has 5 heteroatoms. The van der Waals surface area contributed by atoms with Gasteiger partial charge in [0.1, 0.15) is 5.75 Å². The van der Waals surface area contributed by atoms with Crippen LogP contribution in [0.1, 0.15) is 12.5 Å². The second-order valence-electron chi connectivity index (χ2n) is 3.90. The Kier molecular flexibility index (Phi) is 5.01. The summed E-state index contributed by atoms with van der Waals surface area (Å²) in [6, 6.07) is 3.88. The van der Waals surface area contributed by atoms with Gasteiger partial charge in [-0.25, -0.2) is 0 Å². The van der Waals surface area contributed by atoms with E-state index in [2.05, 4.69) is 6.92 Å². The molecule has 0 radical (unpaired) electrons. The normalized spacial score (nSPS) is 12.8. The van der Waals surface area contributed by atoms with E-state index in [0.29, 0.717) is 13.2 Å². The van der Waals surface area contributed by atoms with Crippen molar-refractivity contribution < 1.29 is 14.2 Å². The molecule has 0 aromatic heterocycles. The zero-order chi connectivity index (χ0) is 12.8. The largest absolute Gasteiger partial charge is 0.492 e. The molecule has 0 aliphatic carbocycles. The van der Waals surface area contributed by atoms with Gasteiger partial charge in [-0.2, -0.15) is 11.8 Å². The number of rotatable bonds is 7. The Morgan fingerprint density at radius 1 is 1.33 bits per heavy atom. The molecule has 100 valence electrons. The highest BCUT2D eigenvalue weighted by Gasteiger charge is 2.17. The van der Waals surface area contributed by atoms with Gasteiger partial charge in [0, 0.05) is 11.8 Å². The summed E-state index contributed by atoms with van der Waals surface area (Å²) in [7, 11) is 0. The minimum Gasteiger partial charge on any atom is -0.492 e. The van der Waals surface area contributed by atoms with Crippen LogP contribution in [0.3, 0.4) is 0 Å². The van der Waals surface area contributed by atoms with E-state index in [-0.39, 0.29) is 6.79 Å². The first-order valence-electron chi connectivity index (χ1n) is 6.18. The second-order valence-corrected chi connectivity index (χ2v) is 5.29. The lowest BCUT2D eigenvalue weighted by atomic mass is 10.1. The van der Waals surface area contributed by atoms with Crippen molar-refractivity contribution in [1.82, 2.24) is 0 Å². The molecule has 1 aromatic rings. The molecule has 0 fully saturated rings. The highest BCUT2D eigenvalue weighted by atomic mass is 32.2. The van der Waals surface area contributed by atoms with Crippen molar-refractivity contribution in [3.63, 3.8) is 0 Å². The summed E-state index contributed by atoms with van der Waals surface area (Å²) < 4.78 is 16.5. The Hall–Kier alpha value is -1.07.